The van der Waals surface area contributed by atoms with Crippen LogP contribution in [0.1, 0.15) is 119 Å². The van der Waals surface area contributed by atoms with Crippen LogP contribution in [-0.2, 0) is 39.5 Å². The van der Waals surface area contributed by atoms with E-state index in [1.807, 2.05) is 72.8 Å². The summed E-state index contributed by atoms with van der Waals surface area (Å²) >= 11 is 13.4. The molecule has 0 aliphatic heterocycles. The Hall–Kier alpha value is -2.74. The van der Waals surface area contributed by atoms with Gasteiger partial charge in [-0.1, -0.05) is 41.5 Å². The maximum Gasteiger partial charge on any atom is 0.344 e. The second-order valence-corrected chi connectivity index (χ2v) is 31.7. The summed E-state index contributed by atoms with van der Waals surface area (Å²) in [5.74, 6) is 5.43. The van der Waals surface area contributed by atoms with Crippen LogP contribution in [0.4, 0.5) is 0 Å². The highest BCUT2D eigenvalue weighted by molar-refractivity contribution is 14.1. The molecule has 0 atom stereocenters. The summed E-state index contributed by atoms with van der Waals surface area (Å²) in [4.78, 5) is 42.2. The van der Waals surface area contributed by atoms with Crippen LogP contribution < -0.4 is 28.4 Å². The molecule has 6 aromatic rings. The van der Waals surface area contributed by atoms with E-state index in [1.54, 1.807) is 0 Å². The van der Waals surface area contributed by atoms with Crippen molar-refractivity contribution in [1.29, 1.82) is 0 Å². The number of benzene rings is 6. The SMILES string of the molecule is CC(C)C1(OC(=O)COc2cc(I)c(Oc3ccc([S+](c4ccc(Oc5cc(I)c(OCC(=O)OC6(C(C)C)CCCC6)cc5I)cc4)c4ccc(Oc5cc(I)c(OCC(=O)OC6(C(C)C)CCCC6)cc5I)cc4)cc3)cc2I)CCCC1. The minimum Gasteiger partial charge on any atom is -0.481 e. The van der Waals surface area contributed by atoms with E-state index in [2.05, 4.69) is 213 Å². The predicted octanol–water partition coefficient (Wildman–Crippen LogP) is 19.5. The number of esters is 3. The molecule has 0 unspecified atom stereocenters. The largest absolute Gasteiger partial charge is 0.481 e. The molecule has 12 nitrogen and oxygen atoms in total. The Bertz CT molecular complexity index is 2970. The van der Waals surface area contributed by atoms with Crippen molar-refractivity contribution in [2.75, 3.05) is 19.8 Å². The van der Waals surface area contributed by atoms with Crippen LogP contribution in [0, 0.1) is 39.2 Å². The van der Waals surface area contributed by atoms with Crippen molar-refractivity contribution in [3.63, 3.8) is 0 Å². The minimum atomic E-state index is -0.591. The van der Waals surface area contributed by atoms with Gasteiger partial charge in [-0.3, -0.25) is 0 Å². The molecule has 19 heteroatoms. The van der Waals surface area contributed by atoms with E-state index in [-0.39, 0.29) is 55.5 Å². The third-order valence-corrected chi connectivity index (χ3v) is 23.6. The normalized spacial score (nSPS) is 16.0. The maximum absolute atomic E-state index is 13.0. The third kappa shape index (κ3) is 16.8. The van der Waals surface area contributed by atoms with E-state index in [0.29, 0.717) is 51.7 Å². The van der Waals surface area contributed by atoms with E-state index < -0.39 is 27.7 Å². The first-order valence-corrected chi connectivity index (χ1v) is 36.4. The molecular weight excluding hydrogens is 1780 g/mol. The third-order valence-electron chi connectivity index (χ3n) is 16.3. The Morgan fingerprint density at radius 2 is 0.576 bits per heavy atom. The Morgan fingerprint density at radius 1 is 0.365 bits per heavy atom. The van der Waals surface area contributed by atoms with Crippen LogP contribution in [0.2, 0.25) is 0 Å². The van der Waals surface area contributed by atoms with Crippen molar-refractivity contribution in [2.45, 2.75) is 150 Å². The van der Waals surface area contributed by atoms with Crippen LogP contribution in [0.15, 0.2) is 124 Å². The second-order valence-electron chi connectivity index (χ2n) is 22.7. The topological polar surface area (TPSA) is 134 Å². The van der Waals surface area contributed by atoms with Gasteiger partial charge < -0.3 is 42.6 Å². The average Bonchev–Trinajstić information content (AvgIpc) is 4.37. The molecule has 3 fully saturated rings. The van der Waals surface area contributed by atoms with Gasteiger partial charge >= 0.3 is 17.9 Å². The summed E-state index contributed by atoms with van der Waals surface area (Å²) in [6.45, 7) is 12.2. The first-order valence-electron chi connectivity index (χ1n) is 28.7. The zero-order chi connectivity index (χ0) is 60.6. The monoisotopic (exact) mass is 1850 g/mol. The number of hydrogen-bond acceptors (Lipinski definition) is 12. The zero-order valence-electron chi connectivity index (χ0n) is 48.3. The van der Waals surface area contributed by atoms with Gasteiger partial charge in [0.2, 0.25) is 0 Å². The van der Waals surface area contributed by atoms with Crippen LogP contribution in [0.3, 0.4) is 0 Å². The van der Waals surface area contributed by atoms with Crippen LogP contribution in [-0.4, -0.2) is 54.5 Å². The van der Waals surface area contributed by atoms with Gasteiger partial charge in [-0.2, -0.15) is 0 Å². The van der Waals surface area contributed by atoms with Gasteiger partial charge in [0.05, 0.1) is 32.3 Å². The van der Waals surface area contributed by atoms with Crippen molar-refractivity contribution < 1.29 is 57.0 Å². The lowest BCUT2D eigenvalue weighted by Crippen LogP contribution is -2.39. The maximum atomic E-state index is 13.0. The van der Waals surface area contributed by atoms with Gasteiger partial charge in [-0.25, -0.2) is 14.4 Å². The highest BCUT2D eigenvalue weighted by Crippen LogP contribution is 2.44. The van der Waals surface area contributed by atoms with Gasteiger partial charge in [0.15, 0.2) is 34.5 Å². The molecule has 0 aromatic heterocycles. The number of hydrogen-bond donors (Lipinski definition) is 0. The smallest absolute Gasteiger partial charge is 0.344 e. The molecule has 452 valence electrons. The number of carbonyl (C=O) groups is 3. The lowest BCUT2D eigenvalue weighted by Gasteiger charge is -2.33. The molecule has 9 rings (SSSR count). The standard InChI is InChI=1S/C66H69I6O12S/c1-40(2)64(25-7-8-26-64)82-61(73)37-76-55-31-52(70)58(34-49(55)67)79-43-13-19-46(20-14-43)85(47-21-15-44(16-22-47)80-59-35-50(68)56(32-53(59)71)77-38-62(74)83-65(41(3)4)27-9-10-28-65)48-23-17-45(18-24-48)81-60-36-51(69)57(33-54(60)72)78-39-63(75)84-66(42(5)6)29-11-12-30-66/h13-24,31-36,40-42H,7-12,25-30,37-39H2,1-6H3/q+1. The first-order chi connectivity index (χ1) is 40.6. The van der Waals surface area contributed by atoms with E-state index in [0.717, 1.165) is 113 Å². The van der Waals surface area contributed by atoms with Crippen molar-refractivity contribution in [1.82, 2.24) is 0 Å². The van der Waals surface area contributed by atoms with E-state index in [1.165, 1.54) is 0 Å². The van der Waals surface area contributed by atoms with Gasteiger partial charge in [-0.05, 0) is 340 Å². The molecule has 0 heterocycles. The minimum absolute atomic E-state index is 0.164. The Morgan fingerprint density at radius 3 is 0.800 bits per heavy atom. The van der Waals surface area contributed by atoms with Gasteiger partial charge in [0, 0.05) is 0 Å². The summed E-state index contributed by atoms with van der Waals surface area (Å²) < 4.78 is 60.7. The summed E-state index contributed by atoms with van der Waals surface area (Å²) in [6.07, 6.45) is 11.7. The molecule has 3 aliphatic rings. The summed E-state index contributed by atoms with van der Waals surface area (Å²) in [6, 6.07) is 35.9. The fraction of sp³-hybridized carbons (Fsp3) is 0.409. The first kappa shape index (κ1) is 66.7. The predicted molar refractivity (Wildman–Crippen MR) is 380 cm³/mol. The Balaban J connectivity index is 0.902. The van der Waals surface area contributed by atoms with Crippen molar-refractivity contribution in [2.24, 2.45) is 17.8 Å². The van der Waals surface area contributed by atoms with Gasteiger partial charge in [0.1, 0.15) is 68.5 Å². The van der Waals surface area contributed by atoms with E-state index >= 15 is 0 Å². The van der Waals surface area contributed by atoms with Crippen LogP contribution in [0.5, 0.6) is 51.7 Å². The number of ether oxygens (including phenoxy) is 9. The van der Waals surface area contributed by atoms with E-state index in [4.69, 9.17) is 42.6 Å². The number of rotatable bonds is 24. The summed E-state index contributed by atoms with van der Waals surface area (Å²) in [5.41, 5.74) is -1.24. The van der Waals surface area contributed by atoms with Crippen molar-refractivity contribution in [3.8, 4) is 51.7 Å². The van der Waals surface area contributed by atoms with E-state index in [9.17, 15) is 14.4 Å². The fourth-order valence-corrected chi connectivity index (χ4v) is 16.8. The molecule has 0 bridgehead atoms. The molecule has 3 saturated carbocycles. The molecule has 6 aromatic carbocycles. The molecule has 0 saturated heterocycles. The Labute approximate surface area is 584 Å². The number of carbonyl (C=O) groups excluding carboxylic acids is 3. The molecule has 0 radical (unpaired) electrons. The molecule has 0 N–H and O–H groups in total. The van der Waals surface area contributed by atoms with Crippen LogP contribution >= 0.6 is 136 Å². The molecular formula is C66H69I6O12S+. The quantitative estimate of drug-likeness (QED) is 0.0247. The highest BCUT2D eigenvalue weighted by Gasteiger charge is 2.43. The second kappa shape index (κ2) is 29.9. The number of halogens is 6. The van der Waals surface area contributed by atoms with Crippen molar-refractivity contribution in [3.05, 3.63) is 131 Å². The molecule has 0 spiro atoms. The highest BCUT2D eigenvalue weighted by atomic mass is 127. The average molecular weight is 1850 g/mol. The van der Waals surface area contributed by atoms with Crippen LogP contribution in [0.25, 0.3) is 0 Å². The summed E-state index contributed by atoms with van der Waals surface area (Å²) in [5, 5.41) is 0. The lowest BCUT2D eigenvalue weighted by molar-refractivity contribution is -0.167. The molecule has 0 amide bonds. The van der Waals surface area contributed by atoms with Gasteiger partial charge in [0.25, 0.3) is 0 Å². The zero-order valence-corrected chi connectivity index (χ0v) is 62.1. The van der Waals surface area contributed by atoms with Crippen molar-refractivity contribution >= 4 is 164 Å². The fourth-order valence-electron chi connectivity index (χ4n) is 11.3. The summed E-state index contributed by atoms with van der Waals surface area (Å²) in [7, 11) is -0.591. The molecule has 3 aliphatic carbocycles. The van der Waals surface area contributed by atoms with Gasteiger partial charge in [-0.15, -0.1) is 0 Å². The Kier molecular flexibility index (Phi) is 23.5. The molecule has 85 heavy (non-hydrogen) atoms. The lowest BCUT2D eigenvalue weighted by atomic mass is 9.88.